The van der Waals surface area contributed by atoms with E-state index < -0.39 is 0 Å². The first-order valence-electron chi connectivity index (χ1n) is 7.26. The van der Waals surface area contributed by atoms with Crippen LogP contribution in [0.25, 0.3) is 0 Å². The van der Waals surface area contributed by atoms with Crippen LogP contribution in [0.3, 0.4) is 0 Å². The number of hydrogen-bond acceptors (Lipinski definition) is 3. The van der Waals surface area contributed by atoms with Gasteiger partial charge >= 0.3 is 0 Å². The number of thioether (sulfide) groups is 1. The molecule has 5 heteroatoms. The van der Waals surface area contributed by atoms with E-state index >= 15 is 0 Å². The number of ether oxygens (including phenoxy) is 1. The number of aliphatic imine (C=N–C) groups is 1. The molecule has 1 saturated carbocycles. The molecular weight excluding hydrogens is 258 g/mol. The summed E-state index contributed by atoms with van der Waals surface area (Å²) in [5.41, 5.74) is 0.401. The quantitative estimate of drug-likeness (QED) is 0.387. The molecular formula is C14H29N3OS. The zero-order valence-corrected chi connectivity index (χ0v) is 13.4. The highest BCUT2D eigenvalue weighted by atomic mass is 32.2. The van der Waals surface area contributed by atoms with Crippen molar-refractivity contribution in [2.75, 3.05) is 45.4 Å². The summed E-state index contributed by atoms with van der Waals surface area (Å²) in [5, 5.41) is 6.70. The number of methoxy groups -OCH3 is 1. The van der Waals surface area contributed by atoms with Crippen LogP contribution in [0.4, 0.5) is 0 Å². The molecule has 0 atom stereocenters. The van der Waals surface area contributed by atoms with E-state index in [1.165, 1.54) is 19.3 Å². The average Bonchev–Trinajstić information content (AvgIpc) is 2.37. The van der Waals surface area contributed by atoms with Gasteiger partial charge in [-0.2, -0.15) is 11.8 Å². The Labute approximate surface area is 122 Å². The van der Waals surface area contributed by atoms with Crippen molar-refractivity contribution in [2.45, 2.75) is 32.6 Å². The van der Waals surface area contributed by atoms with Gasteiger partial charge in [-0.25, -0.2) is 0 Å². The summed E-state index contributed by atoms with van der Waals surface area (Å²) in [6, 6.07) is 0. The van der Waals surface area contributed by atoms with Gasteiger partial charge in [0.15, 0.2) is 5.96 Å². The molecule has 0 unspecified atom stereocenters. The Kier molecular flexibility index (Phi) is 8.30. The molecule has 0 aromatic carbocycles. The van der Waals surface area contributed by atoms with E-state index in [2.05, 4.69) is 23.8 Å². The molecule has 0 saturated heterocycles. The third-order valence-electron chi connectivity index (χ3n) is 3.77. The number of nitrogens with one attached hydrogen (secondary N) is 2. The van der Waals surface area contributed by atoms with Crippen molar-refractivity contribution < 1.29 is 4.74 Å². The van der Waals surface area contributed by atoms with Gasteiger partial charge in [0.25, 0.3) is 0 Å². The van der Waals surface area contributed by atoms with Gasteiger partial charge < -0.3 is 15.4 Å². The molecule has 1 aliphatic carbocycles. The van der Waals surface area contributed by atoms with Crippen molar-refractivity contribution in [1.29, 1.82) is 0 Å². The lowest BCUT2D eigenvalue weighted by Gasteiger charge is -2.40. The van der Waals surface area contributed by atoms with Crippen molar-refractivity contribution in [2.24, 2.45) is 10.4 Å². The van der Waals surface area contributed by atoms with Crippen LogP contribution >= 0.6 is 11.8 Å². The minimum absolute atomic E-state index is 0.401. The molecule has 0 aromatic heterocycles. The Morgan fingerprint density at radius 1 is 1.37 bits per heavy atom. The van der Waals surface area contributed by atoms with E-state index in [9.17, 15) is 0 Å². The SMILES string of the molecule is CCNC(=NCC1(CCOC)CCC1)NCCSC. The second-order valence-electron chi connectivity index (χ2n) is 5.21. The Hall–Kier alpha value is -0.420. The summed E-state index contributed by atoms with van der Waals surface area (Å²) < 4.78 is 5.22. The highest BCUT2D eigenvalue weighted by Crippen LogP contribution is 2.44. The zero-order valence-electron chi connectivity index (χ0n) is 12.6. The first-order valence-corrected chi connectivity index (χ1v) is 8.66. The second-order valence-corrected chi connectivity index (χ2v) is 6.20. The van der Waals surface area contributed by atoms with Crippen LogP contribution in [0.5, 0.6) is 0 Å². The van der Waals surface area contributed by atoms with Crippen LogP contribution in [0.15, 0.2) is 4.99 Å². The van der Waals surface area contributed by atoms with Gasteiger partial charge in [-0.3, -0.25) is 4.99 Å². The van der Waals surface area contributed by atoms with Crippen LogP contribution in [0.1, 0.15) is 32.6 Å². The van der Waals surface area contributed by atoms with Gasteiger partial charge in [-0.15, -0.1) is 0 Å². The number of hydrogen-bond donors (Lipinski definition) is 2. The van der Waals surface area contributed by atoms with Crippen molar-refractivity contribution in [3.05, 3.63) is 0 Å². The predicted molar refractivity (Wildman–Crippen MR) is 85.1 cm³/mol. The molecule has 1 fully saturated rings. The smallest absolute Gasteiger partial charge is 0.191 e. The van der Waals surface area contributed by atoms with Crippen molar-refractivity contribution in [3.63, 3.8) is 0 Å². The Balaban J connectivity index is 2.42. The lowest BCUT2D eigenvalue weighted by Crippen LogP contribution is -2.41. The minimum Gasteiger partial charge on any atom is -0.385 e. The zero-order chi connectivity index (χ0) is 14.0. The van der Waals surface area contributed by atoms with Crippen LogP contribution in [-0.4, -0.2) is 51.3 Å². The summed E-state index contributed by atoms with van der Waals surface area (Å²) in [4.78, 5) is 4.76. The second kappa shape index (κ2) is 9.48. The van der Waals surface area contributed by atoms with E-state index in [-0.39, 0.29) is 0 Å². The fourth-order valence-electron chi connectivity index (χ4n) is 2.34. The van der Waals surface area contributed by atoms with Crippen molar-refractivity contribution in [3.8, 4) is 0 Å². The number of nitrogens with zero attached hydrogens (tertiary/aromatic N) is 1. The summed E-state index contributed by atoms with van der Waals surface area (Å²) in [6.45, 7) is 5.76. The van der Waals surface area contributed by atoms with Crippen LogP contribution in [0.2, 0.25) is 0 Å². The van der Waals surface area contributed by atoms with E-state index in [1.54, 1.807) is 7.11 Å². The standard InChI is InChI=1S/C14H29N3OS/c1-4-15-13(16-9-11-19-3)17-12-14(6-5-7-14)8-10-18-2/h4-12H2,1-3H3,(H2,15,16,17). The van der Waals surface area contributed by atoms with E-state index in [4.69, 9.17) is 9.73 Å². The predicted octanol–water partition coefficient (Wildman–Crippen LogP) is 2.11. The molecule has 0 bridgehead atoms. The Bertz CT molecular complexity index is 267. The summed E-state index contributed by atoms with van der Waals surface area (Å²) in [6.07, 6.45) is 7.20. The lowest BCUT2D eigenvalue weighted by molar-refractivity contribution is 0.0778. The molecule has 0 radical (unpaired) electrons. The van der Waals surface area contributed by atoms with E-state index in [1.807, 2.05) is 11.8 Å². The molecule has 112 valence electrons. The van der Waals surface area contributed by atoms with Gasteiger partial charge in [-0.05, 0) is 37.9 Å². The maximum Gasteiger partial charge on any atom is 0.191 e. The largest absolute Gasteiger partial charge is 0.385 e. The number of guanidine groups is 1. The van der Waals surface area contributed by atoms with Gasteiger partial charge in [0, 0.05) is 39.1 Å². The minimum atomic E-state index is 0.401. The fourth-order valence-corrected chi connectivity index (χ4v) is 2.65. The van der Waals surface area contributed by atoms with Crippen molar-refractivity contribution >= 4 is 17.7 Å². The molecule has 0 heterocycles. The molecule has 4 nitrogen and oxygen atoms in total. The molecule has 0 aromatic rings. The molecule has 0 amide bonds. The fraction of sp³-hybridized carbons (Fsp3) is 0.929. The van der Waals surface area contributed by atoms with Gasteiger partial charge in [0.2, 0.25) is 0 Å². The average molecular weight is 287 g/mol. The lowest BCUT2D eigenvalue weighted by atomic mass is 9.67. The molecule has 0 spiro atoms. The molecule has 1 aliphatic rings. The molecule has 1 rings (SSSR count). The topological polar surface area (TPSA) is 45.7 Å². The van der Waals surface area contributed by atoms with Crippen LogP contribution < -0.4 is 10.6 Å². The third-order valence-corrected chi connectivity index (χ3v) is 4.38. The van der Waals surface area contributed by atoms with Gasteiger partial charge in [-0.1, -0.05) is 6.42 Å². The summed E-state index contributed by atoms with van der Waals surface area (Å²) in [7, 11) is 1.78. The number of rotatable bonds is 9. The molecule has 0 aliphatic heterocycles. The highest BCUT2D eigenvalue weighted by Gasteiger charge is 2.36. The summed E-state index contributed by atoms with van der Waals surface area (Å²) >= 11 is 1.85. The van der Waals surface area contributed by atoms with Crippen molar-refractivity contribution in [1.82, 2.24) is 10.6 Å². The normalized spacial score (nSPS) is 17.9. The maximum absolute atomic E-state index is 5.22. The van der Waals surface area contributed by atoms with E-state index in [0.29, 0.717) is 5.41 Å². The monoisotopic (exact) mass is 287 g/mol. The third kappa shape index (κ3) is 6.04. The van der Waals surface area contributed by atoms with E-state index in [0.717, 1.165) is 44.4 Å². The molecule has 2 N–H and O–H groups in total. The Morgan fingerprint density at radius 3 is 2.68 bits per heavy atom. The van der Waals surface area contributed by atoms with Crippen LogP contribution in [-0.2, 0) is 4.74 Å². The first-order chi connectivity index (χ1) is 9.26. The van der Waals surface area contributed by atoms with Crippen LogP contribution in [0, 0.1) is 5.41 Å². The molecule has 19 heavy (non-hydrogen) atoms. The van der Waals surface area contributed by atoms with Gasteiger partial charge in [0.05, 0.1) is 0 Å². The maximum atomic E-state index is 5.22. The summed E-state index contributed by atoms with van der Waals surface area (Å²) in [5.74, 6) is 2.07. The first kappa shape index (κ1) is 16.6. The Morgan fingerprint density at radius 2 is 2.16 bits per heavy atom. The highest BCUT2D eigenvalue weighted by molar-refractivity contribution is 7.98. The van der Waals surface area contributed by atoms with Gasteiger partial charge in [0.1, 0.15) is 0 Å².